The molecule has 0 spiro atoms. The minimum absolute atomic E-state index is 0.00841. The van der Waals surface area contributed by atoms with Crippen LogP contribution < -0.4 is 15.2 Å². The normalized spacial score (nSPS) is 11.6. The number of fused-ring (bicyclic) bond motifs is 1. The Morgan fingerprint density at radius 3 is 2.53 bits per heavy atom. The van der Waals surface area contributed by atoms with Crippen molar-refractivity contribution in [1.82, 2.24) is 14.5 Å². The van der Waals surface area contributed by atoms with Gasteiger partial charge in [-0.25, -0.2) is 27.2 Å². The van der Waals surface area contributed by atoms with Gasteiger partial charge in [0.25, 0.3) is 10.0 Å². The SMILES string of the molecule is COc1ncc(-c2ccc3nc(N)n(CCc4ccccc4)c3c2)cc1NS(=O)(=O)c1ccc(F)cc1F. The summed E-state index contributed by atoms with van der Waals surface area (Å²) in [5, 5.41) is 0. The number of imidazole rings is 1. The summed E-state index contributed by atoms with van der Waals surface area (Å²) in [6.45, 7) is 0.616. The summed E-state index contributed by atoms with van der Waals surface area (Å²) in [4.78, 5) is 7.97. The fourth-order valence-corrected chi connectivity index (χ4v) is 5.29. The molecular formula is C27H23F2N5O3S. The van der Waals surface area contributed by atoms with Gasteiger partial charge < -0.3 is 15.0 Å². The van der Waals surface area contributed by atoms with Gasteiger partial charge in [0.05, 0.1) is 18.1 Å². The molecule has 0 amide bonds. The number of hydrogen-bond donors (Lipinski definition) is 2. The Morgan fingerprint density at radius 2 is 1.79 bits per heavy atom. The average molecular weight is 536 g/mol. The van der Waals surface area contributed by atoms with E-state index in [1.807, 2.05) is 53.1 Å². The van der Waals surface area contributed by atoms with Crippen LogP contribution >= 0.6 is 0 Å². The second kappa shape index (κ2) is 10.1. The maximum Gasteiger partial charge on any atom is 0.264 e. The predicted octanol–water partition coefficient (Wildman–Crippen LogP) is 5.01. The van der Waals surface area contributed by atoms with Crippen LogP contribution in [0.2, 0.25) is 0 Å². The van der Waals surface area contributed by atoms with Crippen molar-refractivity contribution in [1.29, 1.82) is 0 Å². The molecule has 2 aromatic heterocycles. The summed E-state index contributed by atoms with van der Waals surface area (Å²) in [7, 11) is -3.07. The standard InChI is InChI=1S/C27H23F2N5O3S/c1-37-26-23(33-38(35,36)25-10-8-20(28)15-21(25)29)13-19(16-31-26)18-7-9-22-24(14-18)34(27(30)32-22)12-11-17-5-3-2-4-6-17/h2-10,13-16,33H,11-12H2,1H3,(H2,30,32). The third-order valence-electron chi connectivity index (χ3n) is 6.05. The van der Waals surface area contributed by atoms with Crippen LogP contribution in [0.3, 0.4) is 0 Å². The molecule has 0 aliphatic rings. The molecule has 194 valence electrons. The number of hydrogen-bond acceptors (Lipinski definition) is 6. The molecule has 0 unspecified atom stereocenters. The minimum Gasteiger partial charge on any atom is -0.480 e. The van der Waals surface area contributed by atoms with Crippen LogP contribution in [0.5, 0.6) is 5.88 Å². The van der Waals surface area contributed by atoms with E-state index in [0.29, 0.717) is 29.6 Å². The second-order valence-corrected chi connectivity index (χ2v) is 10.2. The van der Waals surface area contributed by atoms with E-state index < -0.39 is 26.6 Å². The lowest BCUT2D eigenvalue weighted by Crippen LogP contribution is -2.15. The molecule has 0 aliphatic heterocycles. The Hall–Kier alpha value is -4.51. The summed E-state index contributed by atoms with van der Waals surface area (Å²) < 4.78 is 62.7. The minimum atomic E-state index is -4.41. The van der Waals surface area contributed by atoms with Crippen molar-refractivity contribution in [2.75, 3.05) is 17.6 Å². The van der Waals surface area contributed by atoms with Crippen molar-refractivity contribution in [2.24, 2.45) is 0 Å². The molecule has 0 bridgehead atoms. The van der Waals surface area contributed by atoms with E-state index in [2.05, 4.69) is 14.7 Å². The van der Waals surface area contributed by atoms with E-state index in [1.165, 1.54) is 24.9 Å². The number of halogens is 2. The molecule has 8 nitrogen and oxygen atoms in total. The highest BCUT2D eigenvalue weighted by atomic mass is 32.2. The number of pyridine rings is 1. The molecule has 5 rings (SSSR count). The molecule has 5 aromatic rings. The van der Waals surface area contributed by atoms with Gasteiger partial charge >= 0.3 is 0 Å². The summed E-state index contributed by atoms with van der Waals surface area (Å²) in [5.74, 6) is -1.73. The van der Waals surface area contributed by atoms with Crippen molar-refractivity contribution in [3.05, 3.63) is 96.2 Å². The van der Waals surface area contributed by atoms with Gasteiger partial charge in [0, 0.05) is 24.4 Å². The van der Waals surface area contributed by atoms with E-state index in [-0.39, 0.29) is 11.6 Å². The van der Waals surface area contributed by atoms with Crippen LogP contribution in [0.15, 0.2) is 83.9 Å². The van der Waals surface area contributed by atoms with Gasteiger partial charge in [-0.1, -0.05) is 36.4 Å². The van der Waals surface area contributed by atoms with Gasteiger partial charge in [-0.3, -0.25) is 4.72 Å². The number of aromatic nitrogens is 3. The lowest BCUT2D eigenvalue weighted by atomic mass is 10.1. The Morgan fingerprint density at radius 1 is 1.00 bits per heavy atom. The van der Waals surface area contributed by atoms with Crippen LogP contribution in [0.1, 0.15) is 5.56 Å². The molecule has 0 saturated carbocycles. The Labute approximate surface area is 217 Å². The zero-order valence-corrected chi connectivity index (χ0v) is 21.0. The van der Waals surface area contributed by atoms with Crippen molar-refractivity contribution in [3.63, 3.8) is 0 Å². The van der Waals surface area contributed by atoms with E-state index in [9.17, 15) is 17.2 Å². The number of methoxy groups -OCH3 is 1. The molecule has 38 heavy (non-hydrogen) atoms. The summed E-state index contributed by atoms with van der Waals surface area (Å²) in [6, 6.07) is 19.3. The lowest BCUT2D eigenvalue weighted by molar-refractivity contribution is 0.400. The second-order valence-electron chi connectivity index (χ2n) is 8.52. The van der Waals surface area contributed by atoms with Gasteiger partial charge in [0.15, 0.2) is 0 Å². The molecule has 3 aromatic carbocycles. The summed E-state index contributed by atoms with van der Waals surface area (Å²) >= 11 is 0. The Kier molecular flexibility index (Phi) is 6.68. The van der Waals surface area contributed by atoms with E-state index in [4.69, 9.17) is 10.5 Å². The van der Waals surface area contributed by atoms with Crippen molar-refractivity contribution >= 4 is 32.7 Å². The van der Waals surface area contributed by atoms with Gasteiger partial charge in [-0.15, -0.1) is 0 Å². The molecule has 3 N–H and O–H groups in total. The van der Waals surface area contributed by atoms with E-state index >= 15 is 0 Å². The van der Waals surface area contributed by atoms with Gasteiger partial charge in [-0.05, 0) is 47.9 Å². The molecule has 2 heterocycles. The molecule has 0 fully saturated rings. The molecular weight excluding hydrogens is 512 g/mol. The number of nitrogens with two attached hydrogens (primary N) is 1. The monoisotopic (exact) mass is 535 g/mol. The van der Waals surface area contributed by atoms with E-state index in [1.54, 1.807) is 0 Å². The van der Waals surface area contributed by atoms with Crippen LogP contribution in [-0.2, 0) is 23.0 Å². The summed E-state index contributed by atoms with van der Waals surface area (Å²) in [5.41, 5.74) is 10.2. The van der Waals surface area contributed by atoms with Crippen LogP contribution in [0.4, 0.5) is 20.4 Å². The summed E-state index contributed by atoms with van der Waals surface area (Å²) in [6.07, 6.45) is 2.29. The highest BCUT2D eigenvalue weighted by Crippen LogP contribution is 2.32. The zero-order chi connectivity index (χ0) is 26.9. The average Bonchev–Trinajstić information content (AvgIpc) is 3.21. The molecule has 11 heteroatoms. The molecule has 0 radical (unpaired) electrons. The first-order valence-corrected chi connectivity index (χ1v) is 13.1. The number of aryl methyl sites for hydroxylation is 2. The molecule has 0 atom stereocenters. The van der Waals surface area contributed by atoms with Crippen molar-refractivity contribution < 1.29 is 21.9 Å². The lowest BCUT2D eigenvalue weighted by Gasteiger charge is -2.13. The molecule has 0 aliphatic carbocycles. The number of nitrogens with one attached hydrogen (secondary N) is 1. The number of nitrogen functional groups attached to an aromatic ring is 1. The van der Waals surface area contributed by atoms with Crippen LogP contribution in [0.25, 0.3) is 22.2 Å². The predicted molar refractivity (Wildman–Crippen MR) is 141 cm³/mol. The fraction of sp³-hybridized carbons (Fsp3) is 0.111. The quantitative estimate of drug-likeness (QED) is 0.289. The smallest absolute Gasteiger partial charge is 0.264 e. The van der Waals surface area contributed by atoms with Crippen LogP contribution in [0, 0.1) is 11.6 Å². The maximum absolute atomic E-state index is 14.2. The third kappa shape index (κ3) is 5.00. The Bertz CT molecular complexity index is 1740. The first-order valence-electron chi connectivity index (χ1n) is 11.6. The van der Waals surface area contributed by atoms with Crippen LogP contribution in [-0.4, -0.2) is 30.1 Å². The number of rotatable bonds is 8. The van der Waals surface area contributed by atoms with Gasteiger partial charge in [0.2, 0.25) is 11.8 Å². The van der Waals surface area contributed by atoms with Gasteiger partial charge in [-0.2, -0.15) is 0 Å². The number of ether oxygens (including phenoxy) is 1. The number of anilines is 2. The highest BCUT2D eigenvalue weighted by molar-refractivity contribution is 7.92. The third-order valence-corrected chi connectivity index (χ3v) is 7.45. The molecule has 0 saturated heterocycles. The van der Waals surface area contributed by atoms with Crippen molar-refractivity contribution in [3.8, 4) is 17.0 Å². The number of sulfonamides is 1. The van der Waals surface area contributed by atoms with Gasteiger partial charge in [0.1, 0.15) is 22.2 Å². The maximum atomic E-state index is 14.2. The number of benzene rings is 3. The number of nitrogens with zero attached hydrogens (tertiary/aromatic N) is 3. The fourth-order valence-electron chi connectivity index (χ4n) is 4.18. The van der Waals surface area contributed by atoms with E-state index in [0.717, 1.165) is 29.6 Å². The van der Waals surface area contributed by atoms with Crippen molar-refractivity contribution in [2.45, 2.75) is 17.9 Å². The first kappa shape index (κ1) is 25.2. The Balaban J connectivity index is 1.49. The zero-order valence-electron chi connectivity index (χ0n) is 20.2. The highest BCUT2D eigenvalue weighted by Gasteiger charge is 2.22. The largest absolute Gasteiger partial charge is 0.480 e. The topological polar surface area (TPSA) is 112 Å². The first-order chi connectivity index (χ1) is 18.2.